The van der Waals surface area contributed by atoms with E-state index in [1.807, 2.05) is 6.92 Å². The summed E-state index contributed by atoms with van der Waals surface area (Å²) in [6.07, 6.45) is -0.347. The van der Waals surface area contributed by atoms with E-state index in [1.54, 1.807) is 36.9 Å². The van der Waals surface area contributed by atoms with Crippen molar-refractivity contribution in [1.82, 2.24) is 0 Å². The zero-order chi connectivity index (χ0) is 18.8. The van der Waals surface area contributed by atoms with Crippen molar-refractivity contribution in [2.75, 3.05) is 16.8 Å². The summed E-state index contributed by atoms with van der Waals surface area (Å²) in [5, 5.41) is 11.3. The van der Waals surface area contributed by atoms with Gasteiger partial charge in [0.2, 0.25) is 5.91 Å². The van der Waals surface area contributed by atoms with Gasteiger partial charge in [0.05, 0.1) is 12.1 Å². The van der Waals surface area contributed by atoms with Gasteiger partial charge < -0.3 is 20.1 Å². The summed E-state index contributed by atoms with van der Waals surface area (Å²) in [6.45, 7) is 9.44. The monoisotopic (exact) mass is 346 g/mol. The summed E-state index contributed by atoms with van der Waals surface area (Å²) >= 11 is 0. The summed E-state index contributed by atoms with van der Waals surface area (Å²) in [7, 11) is 0. The molecular weight excluding hydrogens is 324 g/mol. The van der Waals surface area contributed by atoms with Crippen LogP contribution in [0, 0.1) is 0 Å². The lowest BCUT2D eigenvalue weighted by molar-refractivity contribution is -0.138. The predicted molar refractivity (Wildman–Crippen MR) is 93.8 cm³/mol. The fraction of sp³-hybridized carbons (Fsp3) is 0.389. The highest BCUT2D eigenvalue weighted by molar-refractivity contribution is 6.03. The number of aliphatic carboxylic acids is 1. The van der Waals surface area contributed by atoms with Crippen LogP contribution in [0.25, 0.3) is 0 Å². The third-order valence-electron chi connectivity index (χ3n) is 3.65. The Morgan fingerprint density at radius 1 is 1.32 bits per heavy atom. The number of nitrogens with zero attached hydrogens (tertiary/aromatic N) is 1. The maximum absolute atomic E-state index is 12.6. The van der Waals surface area contributed by atoms with E-state index in [1.165, 1.54) is 0 Å². The van der Waals surface area contributed by atoms with E-state index in [-0.39, 0.29) is 18.7 Å². The van der Waals surface area contributed by atoms with Crippen LogP contribution in [0.4, 0.5) is 11.4 Å². The number of rotatable bonds is 6. The molecule has 0 bridgehead atoms. The molecule has 7 nitrogen and oxygen atoms in total. The second kappa shape index (κ2) is 6.96. The summed E-state index contributed by atoms with van der Waals surface area (Å²) in [5.74, 6) is -1.12. The number of amides is 2. The fourth-order valence-corrected chi connectivity index (χ4v) is 2.52. The molecule has 0 atom stereocenters. The molecule has 1 aliphatic heterocycles. The Hall–Kier alpha value is -2.83. The molecule has 0 saturated carbocycles. The minimum Gasteiger partial charge on any atom is -0.481 e. The summed E-state index contributed by atoms with van der Waals surface area (Å²) in [6, 6.07) is 4.98. The average Bonchev–Trinajstić information content (AvgIpc) is 2.49. The Labute approximate surface area is 146 Å². The highest BCUT2D eigenvalue weighted by atomic mass is 16.5. The quantitative estimate of drug-likeness (QED) is 0.772. The first-order chi connectivity index (χ1) is 11.6. The number of anilines is 2. The Morgan fingerprint density at radius 3 is 2.60 bits per heavy atom. The number of nitrogens with one attached hydrogen (secondary N) is 1. The van der Waals surface area contributed by atoms with Crippen LogP contribution in [0.3, 0.4) is 0 Å². The number of fused-ring (bicyclic) bond motifs is 1. The molecule has 134 valence electrons. The van der Waals surface area contributed by atoms with E-state index in [9.17, 15) is 14.4 Å². The van der Waals surface area contributed by atoms with Crippen LogP contribution in [0.2, 0.25) is 0 Å². The van der Waals surface area contributed by atoms with E-state index in [4.69, 9.17) is 9.84 Å². The normalized spacial score (nSPS) is 15.2. The van der Waals surface area contributed by atoms with E-state index in [2.05, 4.69) is 11.9 Å². The Morgan fingerprint density at radius 2 is 2.00 bits per heavy atom. The molecule has 0 spiro atoms. The molecule has 0 fully saturated rings. The number of hydrogen-bond acceptors (Lipinski definition) is 4. The van der Waals surface area contributed by atoms with Gasteiger partial charge in [0.25, 0.3) is 5.91 Å². The number of carboxylic acids is 1. The smallest absolute Gasteiger partial charge is 0.303 e. The first-order valence-corrected chi connectivity index (χ1v) is 7.91. The van der Waals surface area contributed by atoms with Crippen LogP contribution in [0.5, 0.6) is 5.75 Å². The number of carbonyl (C=O) groups is 3. The van der Waals surface area contributed by atoms with Gasteiger partial charge >= 0.3 is 5.97 Å². The molecule has 25 heavy (non-hydrogen) atoms. The molecule has 1 aromatic rings. The number of ether oxygens (including phenoxy) is 1. The molecule has 0 aromatic heterocycles. The minimum absolute atomic E-state index is 0.112. The molecule has 7 heteroatoms. The lowest BCUT2D eigenvalue weighted by Crippen LogP contribution is -2.52. The minimum atomic E-state index is -1.03. The molecule has 0 aliphatic carbocycles. The highest BCUT2D eigenvalue weighted by Crippen LogP contribution is 2.39. The van der Waals surface area contributed by atoms with Crippen molar-refractivity contribution >= 4 is 29.2 Å². The van der Waals surface area contributed by atoms with Gasteiger partial charge in [0.15, 0.2) is 5.60 Å². The molecule has 0 radical (unpaired) electrons. The molecule has 0 saturated heterocycles. The molecule has 2 rings (SSSR count). The Bertz CT molecular complexity index is 739. The van der Waals surface area contributed by atoms with E-state index in [0.717, 1.165) is 5.57 Å². The largest absolute Gasteiger partial charge is 0.481 e. The maximum atomic E-state index is 12.6. The van der Waals surface area contributed by atoms with Crippen molar-refractivity contribution in [2.24, 2.45) is 0 Å². The first kappa shape index (κ1) is 18.5. The van der Waals surface area contributed by atoms with Gasteiger partial charge in [-0.3, -0.25) is 14.4 Å². The van der Waals surface area contributed by atoms with E-state index < -0.39 is 17.5 Å². The lowest BCUT2D eigenvalue weighted by atomic mass is 10.0. The zero-order valence-electron chi connectivity index (χ0n) is 14.6. The van der Waals surface area contributed by atoms with Crippen molar-refractivity contribution in [2.45, 2.75) is 39.2 Å². The first-order valence-electron chi connectivity index (χ1n) is 7.91. The van der Waals surface area contributed by atoms with Gasteiger partial charge in [-0.05, 0) is 32.9 Å². The Kier molecular flexibility index (Phi) is 5.15. The summed E-state index contributed by atoms with van der Waals surface area (Å²) in [4.78, 5) is 36.5. The SMILES string of the molecule is C=C(C)CN1C(=O)C(C)(C)Oc2cc(NC(=O)CCC(=O)O)ccc21. The predicted octanol–water partition coefficient (Wildman–Crippen LogP) is 2.57. The summed E-state index contributed by atoms with van der Waals surface area (Å²) < 4.78 is 5.80. The standard InChI is InChI=1S/C18H22N2O5/c1-11(2)10-20-13-6-5-12(19-15(21)7-8-16(22)23)9-14(13)25-18(3,4)17(20)24/h5-6,9H,1,7-8,10H2,2-4H3,(H,19,21)(H,22,23). The third kappa shape index (κ3) is 4.37. The van der Waals surface area contributed by atoms with Crippen LogP contribution in [-0.2, 0) is 14.4 Å². The fourth-order valence-electron chi connectivity index (χ4n) is 2.52. The van der Waals surface area contributed by atoms with Gasteiger partial charge in [-0.1, -0.05) is 12.2 Å². The molecule has 0 unspecified atom stereocenters. The van der Waals surface area contributed by atoms with Gasteiger partial charge in [-0.15, -0.1) is 0 Å². The molecule has 1 heterocycles. The average molecular weight is 346 g/mol. The van der Waals surface area contributed by atoms with Crippen LogP contribution >= 0.6 is 0 Å². The van der Waals surface area contributed by atoms with Crippen molar-refractivity contribution in [3.05, 3.63) is 30.4 Å². The van der Waals surface area contributed by atoms with Crippen molar-refractivity contribution in [1.29, 1.82) is 0 Å². The molecule has 1 aliphatic rings. The van der Waals surface area contributed by atoms with E-state index >= 15 is 0 Å². The Balaban J connectivity index is 2.26. The van der Waals surface area contributed by atoms with Gasteiger partial charge in [0.1, 0.15) is 5.75 Å². The topological polar surface area (TPSA) is 95.9 Å². The number of carbonyl (C=O) groups excluding carboxylic acids is 2. The molecular formula is C18H22N2O5. The van der Waals surface area contributed by atoms with Gasteiger partial charge in [-0.25, -0.2) is 0 Å². The zero-order valence-corrected chi connectivity index (χ0v) is 14.6. The van der Waals surface area contributed by atoms with Crippen LogP contribution in [0.15, 0.2) is 30.4 Å². The second-order valence-corrected chi connectivity index (χ2v) is 6.59. The summed E-state index contributed by atoms with van der Waals surface area (Å²) in [5.41, 5.74) is 0.891. The van der Waals surface area contributed by atoms with Crippen LogP contribution < -0.4 is 15.0 Å². The van der Waals surface area contributed by atoms with Crippen molar-refractivity contribution in [3.8, 4) is 5.75 Å². The van der Waals surface area contributed by atoms with Gasteiger partial charge in [0, 0.05) is 24.7 Å². The van der Waals surface area contributed by atoms with Gasteiger partial charge in [-0.2, -0.15) is 0 Å². The molecule has 2 N–H and O–H groups in total. The van der Waals surface area contributed by atoms with Crippen LogP contribution in [-0.4, -0.2) is 35.0 Å². The molecule has 1 aromatic carbocycles. The highest BCUT2D eigenvalue weighted by Gasteiger charge is 2.40. The lowest BCUT2D eigenvalue weighted by Gasteiger charge is -2.39. The van der Waals surface area contributed by atoms with Crippen LogP contribution in [0.1, 0.15) is 33.6 Å². The number of benzene rings is 1. The maximum Gasteiger partial charge on any atom is 0.303 e. The molecule has 2 amide bonds. The third-order valence-corrected chi connectivity index (χ3v) is 3.65. The number of carboxylic acid groups (broad SMARTS) is 1. The van der Waals surface area contributed by atoms with Crippen molar-refractivity contribution in [3.63, 3.8) is 0 Å². The second-order valence-electron chi connectivity index (χ2n) is 6.59. The number of hydrogen-bond donors (Lipinski definition) is 2. The van der Waals surface area contributed by atoms with Crippen molar-refractivity contribution < 1.29 is 24.2 Å². The van der Waals surface area contributed by atoms with E-state index in [0.29, 0.717) is 23.7 Å².